The van der Waals surface area contributed by atoms with Crippen molar-refractivity contribution in [2.24, 2.45) is 5.92 Å². The number of hydrogen-bond acceptors (Lipinski definition) is 4. The maximum absolute atomic E-state index is 13.4. The Balaban J connectivity index is 1.26. The molecule has 178 valence electrons. The third-order valence-corrected chi connectivity index (χ3v) is 8.20. The molecular weight excluding hydrogens is 468 g/mol. The molecule has 0 spiro atoms. The van der Waals surface area contributed by atoms with Crippen molar-refractivity contribution in [3.8, 4) is 0 Å². The number of alkyl halides is 2. The van der Waals surface area contributed by atoms with E-state index in [1.54, 1.807) is 72.9 Å². The maximum atomic E-state index is 13.4. The molecular formula is C28H23F2NO3S. The second-order valence-corrected chi connectivity index (χ2v) is 10.9. The number of carbonyl (C=O) groups excluding carboxylic acids is 1. The van der Waals surface area contributed by atoms with Gasteiger partial charge in [0, 0.05) is 24.1 Å². The molecule has 1 heterocycles. The Hall–Kier alpha value is -3.45. The summed E-state index contributed by atoms with van der Waals surface area (Å²) in [5, 5.41) is 1.20. The average molecular weight is 492 g/mol. The van der Waals surface area contributed by atoms with E-state index in [9.17, 15) is 22.0 Å². The van der Waals surface area contributed by atoms with Gasteiger partial charge in [0.05, 0.1) is 16.3 Å². The molecule has 0 saturated heterocycles. The van der Waals surface area contributed by atoms with Crippen LogP contribution in [-0.4, -0.2) is 19.2 Å². The zero-order chi connectivity index (χ0) is 24.6. The molecule has 1 saturated carbocycles. The number of fused-ring (bicyclic) bond motifs is 1. The lowest BCUT2D eigenvalue weighted by molar-refractivity contribution is -0.119. The van der Waals surface area contributed by atoms with Crippen LogP contribution >= 0.6 is 0 Å². The molecule has 4 aromatic rings. The number of nitrogens with zero attached hydrogens (tertiary/aromatic N) is 1. The van der Waals surface area contributed by atoms with Gasteiger partial charge in [0.2, 0.25) is 0 Å². The van der Waals surface area contributed by atoms with Crippen LogP contribution < -0.4 is 0 Å². The van der Waals surface area contributed by atoms with Crippen molar-refractivity contribution >= 4 is 26.4 Å². The molecule has 1 unspecified atom stereocenters. The molecule has 7 heteroatoms. The van der Waals surface area contributed by atoms with Crippen LogP contribution in [0.5, 0.6) is 0 Å². The number of aromatic nitrogens is 1. The van der Waals surface area contributed by atoms with Gasteiger partial charge in [0.25, 0.3) is 6.43 Å². The minimum atomic E-state index is -3.52. The monoisotopic (exact) mass is 491 g/mol. The largest absolute Gasteiger partial charge is 0.299 e. The van der Waals surface area contributed by atoms with E-state index in [2.05, 4.69) is 4.98 Å². The quantitative estimate of drug-likeness (QED) is 0.301. The first-order chi connectivity index (χ1) is 16.8. The van der Waals surface area contributed by atoms with Crippen molar-refractivity contribution < 1.29 is 22.0 Å². The topological polar surface area (TPSA) is 64.1 Å². The lowest BCUT2D eigenvalue weighted by Crippen LogP contribution is -2.07. The van der Waals surface area contributed by atoms with Crippen LogP contribution in [0.2, 0.25) is 0 Å². The number of ketones is 1. The van der Waals surface area contributed by atoms with E-state index in [0.29, 0.717) is 17.5 Å². The third-order valence-electron chi connectivity index (χ3n) is 6.53. The maximum Gasteiger partial charge on any atom is 0.264 e. The van der Waals surface area contributed by atoms with Gasteiger partial charge in [-0.1, -0.05) is 54.6 Å². The highest BCUT2D eigenvalue weighted by molar-refractivity contribution is 7.90. The smallest absolute Gasteiger partial charge is 0.264 e. The number of carbonyl (C=O) groups is 1. The van der Waals surface area contributed by atoms with Crippen molar-refractivity contribution in [3.63, 3.8) is 0 Å². The molecule has 2 atom stereocenters. The molecule has 1 aliphatic carbocycles. The Morgan fingerprint density at radius 1 is 0.971 bits per heavy atom. The Labute approximate surface area is 202 Å². The Morgan fingerprint density at radius 2 is 1.77 bits per heavy atom. The first-order valence-electron chi connectivity index (χ1n) is 11.4. The first-order valence-corrected chi connectivity index (χ1v) is 13.0. The lowest BCUT2D eigenvalue weighted by atomic mass is 9.98. The average Bonchev–Trinajstić information content (AvgIpc) is 3.65. The summed E-state index contributed by atoms with van der Waals surface area (Å²) >= 11 is 0. The van der Waals surface area contributed by atoms with E-state index in [-0.39, 0.29) is 40.3 Å². The van der Waals surface area contributed by atoms with Crippen LogP contribution in [0.15, 0.2) is 90.0 Å². The summed E-state index contributed by atoms with van der Waals surface area (Å²) in [7, 11) is -3.52. The molecule has 5 rings (SSSR count). The lowest BCUT2D eigenvalue weighted by Gasteiger charge is -2.08. The molecule has 0 radical (unpaired) electrons. The molecule has 1 aliphatic rings. The molecule has 0 aliphatic heterocycles. The summed E-state index contributed by atoms with van der Waals surface area (Å²) in [4.78, 5) is 17.2. The van der Waals surface area contributed by atoms with Crippen molar-refractivity contribution in [2.45, 2.75) is 35.8 Å². The number of Topliss-reactive ketones (excluding diaryl/α,β-unsaturated/α-hetero) is 1. The van der Waals surface area contributed by atoms with E-state index in [4.69, 9.17) is 0 Å². The SMILES string of the molecule is O=C(Cc1ccc2cccc(C(F)F)c2c1)[C@@H]1CC1c1ccc(S(=O)(=O)Cc2ccccn2)cc1. The number of pyridine rings is 1. The van der Waals surface area contributed by atoms with E-state index < -0.39 is 16.3 Å². The fourth-order valence-corrected chi connectivity index (χ4v) is 5.86. The van der Waals surface area contributed by atoms with Gasteiger partial charge in [-0.2, -0.15) is 0 Å². The molecule has 1 aromatic heterocycles. The number of halogens is 2. The van der Waals surface area contributed by atoms with Gasteiger partial charge in [0.15, 0.2) is 9.84 Å². The zero-order valence-electron chi connectivity index (χ0n) is 18.8. The van der Waals surface area contributed by atoms with E-state index in [1.165, 1.54) is 6.07 Å². The molecule has 35 heavy (non-hydrogen) atoms. The first kappa shape index (κ1) is 23.3. The highest BCUT2D eigenvalue weighted by Gasteiger charge is 2.43. The van der Waals surface area contributed by atoms with Gasteiger partial charge in [-0.15, -0.1) is 0 Å². The Kier molecular flexibility index (Phi) is 6.19. The fourth-order valence-electron chi connectivity index (χ4n) is 4.58. The number of hydrogen-bond donors (Lipinski definition) is 0. The second-order valence-electron chi connectivity index (χ2n) is 8.94. The Morgan fingerprint density at radius 3 is 2.49 bits per heavy atom. The van der Waals surface area contributed by atoms with Crippen molar-refractivity contribution in [1.82, 2.24) is 4.98 Å². The van der Waals surface area contributed by atoms with Crippen LogP contribution in [0.1, 0.15) is 41.1 Å². The van der Waals surface area contributed by atoms with Crippen molar-refractivity contribution in [3.05, 3.63) is 107 Å². The standard InChI is InChI=1S/C28H23F2NO3S/c29-28(30)23-6-3-4-19-8-7-18(14-24(19)23)15-27(32)26-16-25(26)20-9-11-22(12-10-20)35(33,34)17-21-5-1-2-13-31-21/h1-14,25-26,28H,15-17H2/t25?,26-/m1/s1. The molecule has 0 amide bonds. The fraction of sp³-hybridized carbons (Fsp3) is 0.214. The minimum Gasteiger partial charge on any atom is -0.299 e. The predicted octanol–water partition coefficient (Wildman–Crippen LogP) is 6.06. The van der Waals surface area contributed by atoms with Gasteiger partial charge in [-0.05, 0) is 58.5 Å². The summed E-state index contributed by atoms with van der Waals surface area (Å²) in [6.45, 7) is 0. The predicted molar refractivity (Wildman–Crippen MR) is 130 cm³/mol. The second kappa shape index (κ2) is 9.30. The third kappa shape index (κ3) is 5.00. The van der Waals surface area contributed by atoms with Gasteiger partial charge < -0.3 is 0 Å². The number of sulfone groups is 1. The minimum absolute atomic E-state index is 0.0285. The van der Waals surface area contributed by atoms with Crippen molar-refractivity contribution in [2.75, 3.05) is 0 Å². The summed E-state index contributed by atoms with van der Waals surface area (Å²) in [5.41, 5.74) is 2.11. The van der Waals surface area contributed by atoms with E-state index >= 15 is 0 Å². The van der Waals surface area contributed by atoms with Crippen LogP contribution in [0, 0.1) is 5.92 Å². The Bertz CT molecular complexity index is 1490. The summed E-state index contributed by atoms with van der Waals surface area (Å²) < 4.78 is 52.1. The zero-order valence-corrected chi connectivity index (χ0v) is 19.6. The number of rotatable bonds is 8. The molecule has 1 fully saturated rings. The van der Waals surface area contributed by atoms with Gasteiger partial charge in [-0.25, -0.2) is 17.2 Å². The van der Waals surface area contributed by atoms with Crippen molar-refractivity contribution in [1.29, 1.82) is 0 Å². The number of benzene rings is 3. The molecule has 4 nitrogen and oxygen atoms in total. The van der Waals surface area contributed by atoms with E-state index in [1.807, 2.05) is 6.07 Å². The van der Waals surface area contributed by atoms with Crippen LogP contribution in [0.4, 0.5) is 8.78 Å². The van der Waals surface area contributed by atoms with E-state index in [0.717, 1.165) is 16.5 Å². The highest BCUT2D eigenvalue weighted by Crippen LogP contribution is 2.48. The summed E-state index contributed by atoms with van der Waals surface area (Å²) in [5.74, 6) is -0.202. The molecule has 3 aromatic carbocycles. The van der Waals surface area contributed by atoms with Gasteiger partial charge in [0.1, 0.15) is 5.78 Å². The van der Waals surface area contributed by atoms with Crippen LogP contribution in [-0.2, 0) is 26.8 Å². The highest BCUT2D eigenvalue weighted by atomic mass is 32.2. The summed E-state index contributed by atoms with van der Waals surface area (Å²) in [6.07, 6.45) is -0.124. The molecule has 0 bridgehead atoms. The van der Waals surface area contributed by atoms with Crippen LogP contribution in [0.25, 0.3) is 10.8 Å². The normalized spacial score (nSPS) is 17.6. The van der Waals surface area contributed by atoms with Crippen LogP contribution in [0.3, 0.4) is 0 Å². The van der Waals surface area contributed by atoms with Gasteiger partial charge >= 0.3 is 0 Å². The summed E-state index contributed by atoms with van der Waals surface area (Å²) in [6, 6.07) is 22.0. The van der Waals surface area contributed by atoms with Gasteiger partial charge in [-0.3, -0.25) is 9.78 Å². The molecule has 0 N–H and O–H groups in total.